The van der Waals surface area contributed by atoms with E-state index in [2.05, 4.69) is 0 Å². The van der Waals surface area contributed by atoms with Crippen LogP contribution < -0.4 is 10.6 Å². The van der Waals surface area contributed by atoms with Crippen LogP contribution in [-0.4, -0.2) is 26.3 Å². The molecule has 0 unspecified atom stereocenters. The van der Waals surface area contributed by atoms with Crippen molar-refractivity contribution >= 4 is 17.3 Å². The minimum absolute atomic E-state index is 0.00552. The van der Waals surface area contributed by atoms with Crippen molar-refractivity contribution in [2.24, 2.45) is 5.73 Å². The summed E-state index contributed by atoms with van der Waals surface area (Å²) in [6.45, 7) is 0. The minimum Gasteiger partial charge on any atom is -0.506 e. The number of nitrogens with two attached hydrogens (primary N) is 1. The average molecular weight is 314 g/mol. The van der Waals surface area contributed by atoms with Gasteiger partial charge in [0.2, 0.25) is 11.7 Å². The molecule has 118 valence electrons. The molecule has 2 aromatic rings. The topological polar surface area (TPSA) is 127 Å². The number of phenols is 4. The van der Waals surface area contributed by atoms with Crippen molar-refractivity contribution in [1.82, 2.24) is 0 Å². The molecule has 2 aromatic carbocycles. The van der Waals surface area contributed by atoms with Gasteiger partial charge in [0.15, 0.2) is 11.5 Å². The van der Waals surface area contributed by atoms with E-state index in [1.54, 1.807) is 18.2 Å². The van der Waals surface area contributed by atoms with Crippen molar-refractivity contribution in [2.45, 2.75) is 6.42 Å². The van der Waals surface area contributed by atoms with Crippen LogP contribution in [0.2, 0.25) is 0 Å². The van der Waals surface area contributed by atoms with Crippen LogP contribution in [0.1, 0.15) is 5.56 Å². The molecule has 23 heavy (non-hydrogen) atoms. The maximum absolute atomic E-state index is 11.6. The smallest absolute Gasteiger partial charge is 0.246 e. The van der Waals surface area contributed by atoms with Crippen LogP contribution in [-0.2, 0) is 11.2 Å². The molecule has 6 N–H and O–H groups in total. The van der Waals surface area contributed by atoms with Crippen LogP contribution >= 0.6 is 0 Å². The number of phenolic OH excluding ortho intramolecular Hbond substituents is 4. The molecule has 0 aliphatic carbocycles. The number of anilines is 2. The van der Waals surface area contributed by atoms with Gasteiger partial charge in [-0.05, 0) is 12.1 Å². The third-order valence-electron chi connectivity index (χ3n) is 3.70. The standard InChI is InChI=1S/C16H14N2O5/c17-16(23)8-5-9-11(6-13(20)15(22)14(9)21)18(7-8)10-3-1-2-4-12(10)19/h1-4,6-7,19-22H,5H2,(H2,17,23). The Kier molecular flexibility index (Phi) is 3.25. The summed E-state index contributed by atoms with van der Waals surface area (Å²) in [5, 5.41) is 39.6. The van der Waals surface area contributed by atoms with Gasteiger partial charge in [0.25, 0.3) is 0 Å². The van der Waals surface area contributed by atoms with E-state index in [1.807, 2.05) is 0 Å². The molecule has 1 aliphatic rings. The fourth-order valence-corrected chi connectivity index (χ4v) is 2.54. The Balaban J connectivity index is 2.28. The first-order chi connectivity index (χ1) is 10.9. The van der Waals surface area contributed by atoms with Gasteiger partial charge in [0.05, 0.1) is 11.4 Å². The maximum atomic E-state index is 11.6. The van der Waals surface area contributed by atoms with Crippen LogP contribution in [0.5, 0.6) is 23.0 Å². The number of aromatic hydroxyl groups is 4. The number of nitrogens with zero attached hydrogens (tertiary/aromatic N) is 1. The zero-order valence-electron chi connectivity index (χ0n) is 11.9. The van der Waals surface area contributed by atoms with Gasteiger partial charge in [-0.1, -0.05) is 12.1 Å². The zero-order chi connectivity index (χ0) is 16.7. The molecule has 0 fully saturated rings. The van der Waals surface area contributed by atoms with Crippen molar-refractivity contribution in [3.8, 4) is 23.0 Å². The second-order valence-electron chi connectivity index (χ2n) is 5.14. The lowest BCUT2D eigenvalue weighted by Gasteiger charge is -2.30. The van der Waals surface area contributed by atoms with Crippen LogP contribution in [0.3, 0.4) is 0 Å². The van der Waals surface area contributed by atoms with Crippen molar-refractivity contribution in [2.75, 3.05) is 4.90 Å². The number of amides is 1. The third kappa shape index (κ3) is 2.28. The number of carbonyl (C=O) groups excluding carboxylic acids is 1. The van der Waals surface area contributed by atoms with E-state index in [1.165, 1.54) is 23.2 Å². The first-order valence-electron chi connectivity index (χ1n) is 6.74. The van der Waals surface area contributed by atoms with Gasteiger partial charge in [-0.2, -0.15) is 0 Å². The Morgan fingerprint density at radius 1 is 1.00 bits per heavy atom. The Morgan fingerprint density at radius 2 is 1.70 bits per heavy atom. The van der Waals surface area contributed by atoms with Gasteiger partial charge >= 0.3 is 0 Å². The molecule has 0 bridgehead atoms. The van der Waals surface area contributed by atoms with E-state index in [9.17, 15) is 25.2 Å². The van der Waals surface area contributed by atoms with Crippen molar-refractivity contribution in [1.29, 1.82) is 0 Å². The molecule has 0 aromatic heterocycles. The zero-order valence-corrected chi connectivity index (χ0v) is 11.9. The molecule has 0 spiro atoms. The number of fused-ring (bicyclic) bond motifs is 1. The number of benzene rings is 2. The summed E-state index contributed by atoms with van der Waals surface area (Å²) in [7, 11) is 0. The predicted molar refractivity (Wildman–Crippen MR) is 82.7 cm³/mol. The van der Waals surface area contributed by atoms with Crippen LogP contribution in [0.4, 0.5) is 11.4 Å². The molecule has 1 heterocycles. The Morgan fingerprint density at radius 3 is 2.35 bits per heavy atom. The number of carbonyl (C=O) groups is 1. The van der Waals surface area contributed by atoms with Gasteiger partial charge in [0.1, 0.15) is 5.75 Å². The molecule has 0 atom stereocenters. The molecular formula is C16H14N2O5. The van der Waals surface area contributed by atoms with Crippen molar-refractivity contribution in [3.63, 3.8) is 0 Å². The van der Waals surface area contributed by atoms with E-state index < -0.39 is 23.2 Å². The van der Waals surface area contributed by atoms with Gasteiger partial charge in [-0.25, -0.2) is 0 Å². The number of hydrogen-bond acceptors (Lipinski definition) is 6. The first kappa shape index (κ1) is 14.6. The summed E-state index contributed by atoms with van der Waals surface area (Å²) >= 11 is 0. The third-order valence-corrected chi connectivity index (χ3v) is 3.70. The van der Waals surface area contributed by atoms with E-state index in [0.717, 1.165) is 0 Å². The number of primary amides is 1. The van der Waals surface area contributed by atoms with Crippen LogP contribution in [0.15, 0.2) is 42.1 Å². The molecule has 0 saturated carbocycles. The first-order valence-corrected chi connectivity index (χ1v) is 6.74. The lowest BCUT2D eigenvalue weighted by atomic mass is 9.96. The average Bonchev–Trinajstić information content (AvgIpc) is 2.52. The van der Waals surface area contributed by atoms with E-state index in [0.29, 0.717) is 11.4 Å². The van der Waals surface area contributed by atoms with Crippen molar-refractivity contribution in [3.05, 3.63) is 47.7 Å². The summed E-state index contributed by atoms with van der Waals surface area (Å²) in [6, 6.07) is 7.61. The van der Waals surface area contributed by atoms with Crippen molar-refractivity contribution < 1.29 is 25.2 Å². The molecule has 7 nitrogen and oxygen atoms in total. The van der Waals surface area contributed by atoms with Gasteiger partial charge in [-0.3, -0.25) is 4.79 Å². The molecule has 1 amide bonds. The fourth-order valence-electron chi connectivity index (χ4n) is 2.54. The van der Waals surface area contributed by atoms with E-state index in [4.69, 9.17) is 5.73 Å². The summed E-state index contributed by atoms with van der Waals surface area (Å²) in [5.41, 5.74) is 6.39. The Bertz CT molecular complexity index is 845. The Labute approximate surface area is 131 Å². The number of hydrogen-bond donors (Lipinski definition) is 5. The highest BCUT2D eigenvalue weighted by Crippen LogP contribution is 2.48. The quantitative estimate of drug-likeness (QED) is 0.535. The lowest BCUT2D eigenvalue weighted by molar-refractivity contribution is -0.114. The van der Waals surface area contributed by atoms with E-state index >= 15 is 0 Å². The highest BCUT2D eigenvalue weighted by atomic mass is 16.3. The maximum Gasteiger partial charge on any atom is 0.246 e. The minimum atomic E-state index is -0.692. The fraction of sp³-hybridized carbons (Fsp3) is 0.0625. The lowest BCUT2D eigenvalue weighted by Crippen LogP contribution is -2.24. The molecular weight excluding hydrogens is 300 g/mol. The van der Waals surface area contributed by atoms with E-state index in [-0.39, 0.29) is 23.3 Å². The molecule has 1 aliphatic heterocycles. The highest BCUT2D eigenvalue weighted by molar-refractivity contribution is 5.96. The van der Waals surface area contributed by atoms with Crippen LogP contribution in [0, 0.1) is 0 Å². The SMILES string of the molecule is NC(=O)C1=CN(c2ccccc2O)c2cc(O)c(O)c(O)c2C1. The molecule has 7 heteroatoms. The molecule has 0 saturated heterocycles. The summed E-state index contributed by atoms with van der Waals surface area (Å²) in [4.78, 5) is 13.0. The van der Waals surface area contributed by atoms with Gasteiger partial charge < -0.3 is 31.1 Å². The summed E-state index contributed by atoms with van der Waals surface area (Å²) in [6.07, 6.45) is 1.42. The normalized spacial score (nSPS) is 13.4. The Hall–Kier alpha value is -3.35. The molecule has 0 radical (unpaired) electrons. The van der Waals surface area contributed by atoms with Crippen LogP contribution in [0.25, 0.3) is 0 Å². The van der Waals surface area contributed by atoms with Gasteiger partial charge in [0, 0.05) is 29.8 Å². The number of para-hydroxylation sites is 2. The largest absolute Gasteiger partial charge is 0.506 e. The number of rotatable bonds is 2. The second kappa shape index (κ2) is 5.13. The summed E-state index contributed by atoms with van der Waals surface area (Å²) in [5.74, 6) is -2.48. The predicted octanol–water partition coefficient (Wildman–Crippen LogP) is 1.57. The molecule has 3 rings (SSSR count). The van der Waals surface area contributed by atoms with Gasteiger partial charge in [-0.15, -0.1) is 0 Å². The highest BCUT2D eigenvalue weighted by Gasteiger charge is 2.28. The monoisotopic (exact) mass is 314 g/mol. The summed E-state index contributed by atoms with van der Waals surface area (Å²) < 4.78 is 0. The second-order valence-corrected chi connectivity index (χ2v) is 5.14.